The van der Waals surface area contributed by atoms with Crippen molar-refractivity contribution in [3.63, 3.8) is 0 Å². The smallest absolute Gasteiger partial charge is 0.225 e. The van der Waals surface area contributed by atoms with E-state index in [1.807, 2.05) is 6.92 Å². The number of aromatic nitrogens is 3. The van der Waals surface area contributed by atoms with Crippen LogP contribution in [0.5, 0.6) is 0 Å². The van der Waals surface area contributed by atoms with Crippen LogP contribution in [0.15, 0.2) is 6.07 Å². The zero-order chi connectivity index (χ0) is 15.0. The normalized spacial score (nSPS) is 11.4. The summed E-state index contributed by atoms with van der Waals surface area (Å²) in [6.45, 7) is 6.14. The molecule has 6 heteroatoms. The van der Waals surface area contributed by atoms with Crippen molar-refractivity contribution < 1.29 is 4.79 Å². The van der Waals surface area contributed by atoms with Gasteiger partial charge >= 0.3 is 0 Å². The number of hydrogen-bond donors (Lipinski definition) is 2. The van der Waals surface area contributed by atoms with Crippen LogP contribution >= 0.6 is 11.3 Å². The van der Waals surface area contributed by atoms with E-state index in [4.69, 9.17) is 0 Å². The molecule has 0 spiro atoms. The lowest BCUT2D eigenvalue weighted by Gasteiger charge is -2.00. The third-order valence-electron chi connectivity index (χ3n) is 3.50. The lowest BCUT2D eigenvalue weighted by atomic mass is 10.1. The number of nitrogens with zero attached hydrogens (tertiary/aromatic N) is 2. The van der Waals surface area contributed by atoms with Crippen molar-refractivity contribution in [3.8, 4) is 0 Å². The van der Waals surface area contributed by atoms with Crippen LogP contribution in [0.4, 0.5) is 5.82 Å². The second kappa shape index (κ2) is 5.44. The number of fused-ring (bicyclic) bond motifs is 3. The Bertz CT molecular complexity index is 818. The van der Waals surface area contributed by atoms with Crippen LogP contribution in [0.25, 0.3) is 20.4 Å². The quantitative estimate of drug-likeness (QED) is 0.767. The summed E-state index contributed by atoms with van der Waals surface area (Å²) >= 11 is 1.57. The van der Waals surface area contributed by atoms with Gasteiger partial charge in [-0.1, -0.05) is 13.3 Å². The molecule has 5 nitrogen and oxygen atoms in total. The Morgan fingerprint density at radius 2 is 2.24 bits per heavy atom. The van der Waals surface area contributed by atoms with E-state index in [0.717, 1.165) is 39.0 Å². The van der Waals surface area contributed by atoms with Gasteiger partial charge in [0.2, 0.25) is 5.91 Å². The maximum Gasteiger partial charge on any atom is 0.225 e. The Kier molecular flexibility index (Phi) is 3.63. The number of thiophene rings is 1. The Hall–Kier alpha value is -1.95. The van der Waals surface area contributed by atoms with Crippen LogP contribution in [-0.2, 0) is 4.79 Å². The molecule has 110 valence electrons. The summed E-state index contributed by atoms with van der Waals surface area (Å²) in [5.74, 6) is 0.634. The Labute approximate surface area is 126 Å². The first-order valence-electron chi connectivity index (χ1n) is 7.14. The van der Waals surface area contributed by atoms with Gasteiger partial charge in [0.1, 0.15) is 4.83 Å². The minimum absolute atomic E-state index is 0.0172. The molecule has 3 aromatic heterocycles. The highest BCUT2D eigenvalue weighted by atomic mass is 32.1. The van der Waals surface area contributed by atoms with Crippen molar-refractivity contribution in [2.45, 2.75) is 40.0 Å². The molecule has 3 heterocycles. The number of anilines is 1. The van der Waals surface area contributed by atoms with E-state index in [1.54, 1.807) is 11.3 Å². The third kappa shape index (κ3) is 2.51. The van der Waals surface area contributed by atoms with Crippen LogP contribution in [0, 0.1) is 13.8 Å². The molecule has 1 amide bonds. The number of carbonyl (C=O) groups is 1. The first-order chi connectivity index (χ1) is 10.1. The summed E-state index contributed by atoms with van der Waals surface area (Å²) in [4.78, 5) is 17.4. The van der Waals surface area contributed by atoms with E-state index in [1.165, 1.54) is 5.56 Å². The molecular weight excluding hydrogens is 284 g/mol. The minimum Gasteiger partial charge on any atom is -0.308 e. The standard InChI is InChI=1S/C15H18N4OS/c1-4-5-6-10(20)17-14-13-12(18-19-14)11-8(2)7-9(3)16-15(11)21-13/h7H,4-6H2,1-3H3,(H2,17,18,19,20). The van der Waals surface area contributed by atoms with Crippen molar-refractivity contribution in [2.24, 2.45) is 0 Å². The van der Waals surface area contributed by atoms with Crippen molar-refractivity contribution in [1.29, 1.82) is 0 Å². The molecule has 0 aliphatic carbocycles. The number of amides is 1. The van der Waals surface area contributed by atoms with Gasteiger partial charge in [0.25, 0.3) is 0 Å². The summed E-state index contributed by atoms with van der Waals surface area (Å²) in [5.41, 5.74) is 3.15. The van der Waals surface area contributed by atoms with Crippen LogP contribution in [0.1, 0.15) is 37.4 Å². The van der Waals surface area contributed by atoms with E-state index < -0.39 is 0 Å². The summed E-state index contributed by atoms with van der Waals surface area (Å²) in [6.07, 6.45) is 2.44. The molecule has 0 unspecified atom stereocenters. The molecule has 2 N–H and O–H groups in total. The molecule has 0 saturated carbocycles. The minimum atomic E-state index is 0.0172. The molecule has 0 aliphatic heterocycles. The molecule has 0 atom stereocenters. The SMILES string of the molecule is CCCCC(=O)Nc1n[nH]c2c1sc1nc(C)cc(C)c12. The lowest BCUT2D eigenvalue weighted by molar-refractivity contribution is -0.116. The van der Waals surface area contributed by atoms with Gasteiger partial charge in [-0.15, -0.1) is 11.3 Å². The number of aromatic amines is 1. The van der Waals surface area contributed by atoms with Gasteiger partial charge in [0.05, 0.1) is 10.2 Å². The number of hydrogen-bond acceptors (Lipinski definition) is 4. The summed E-state index contributed by atoms with van der Waals surface area (Å²) in [5, 5.41) is 11.3. The van der Waals surface area contributed by atoms with E-state index >= 15 is 0 Å². The highest BCUT2D eigenvalue weighted by molar-refractivity contribution is 7.26. The summed E-state index contributed by atoms with van der Waals surface area (Å²) in [6, 6.07) is 2.06. The molecule has 0 aromatic carbocycles. The van der Waals surface area contributed by atoms with E-state index in [-0.39, 0.29) is 5.91 Å². The molecular formula is C15H18N4OS. The molecule has 0 fully saturated rings. The molecule has 0 aliphatic rings. The Morgan fingerprint density at radius 3 is 3.00 bits per heavy atom. The van der Waals surface area contributed by atoms with Crippen molar-refractivity contribution >= 4 is 43.5 Å². The molecule has 0 radical (unpaired) electrons. The molecule has 21 heavy (non-hydrogen) atoms. The van der Waals surface area contributed by atoms with Gasteiger partial charge in [-0.2, -0.15) is 5.10 Å². The fourth-order valence-electron chi connectivity index (χ4n) is 2.49. The number of carbonyl (C=O) groups excluding carboxylic acids is 1. The average Bonchev–Trinajstić information content (AvgIpc) is 2.96. The number of aryl methyl sites for hydroxylation is 2. The largest absolute Gasteiger partial charge is 0.308 e. The van der Waals surface area contributed by atoms with Crippen LogP contribution in [0.2, 0.25) is 0 Å². The molecule has 0 saturated heterocycles. The highest BCUT2D eigenvalue weighted by Gasteiger charge is 2.16. The predicted octanol–water partition coefficient (Wildman–Crippen LogP) is 3.92. The fraction of sp³-hybridized carbons (Fsp3) is 0.400. The second-order valence-electron chi connectivity index (χ2n) is 5.29. The monoisotopic (exact) mass is 302 g/mol. The number of pyridine rings is 1. The average molecular weight is 302 g/mol. The number of nitrogens with one attached hydrogen (secondary N) is 2. The highest BCUT2D eigenvalue weighted by Crippen LogP contribution is 2.37. The van der Waals surface area contributed by atoms with Crippen LogP contribution in [0.3, 0.4) is 0 Å². The second-order valence-corrected chi connectivity index (χ2v) is 6.29. The van der Waals surface area contributed by atoms with Gasteiger partial charge in [-0.3, -0.25) is 9.89 Å². The topological polar surface area (TPSA) is 70.7 Å². The van der Waals surface area contributed by atoms with Gasteiger partial charge in [0, 0.05) is 17.5 Å². The number of H-pyrrole nitrogens is 1. The summed E-state index contributed by atoms with van der Waals surface area (Å²) < 4.78 is 0.969. The van der Waals surface area contributed by atoms with Gasteiger partial charge in [-0.25, -0.2) is 4.98 Å². The maximum absolute atomic E-state index is 11.9. The van der Waals surface area contributed by atoms with Crippen LogP contribution in [-0.4, -0.2) is 21.1 Å². The van der Waals surface area contributed by atoms with E-state index in [2.05, 4.69) is 40.4 Å². The maximum atomic E-state index is 11.9. The summed E-state index contributed by atoms with van der Waals surface area (Å²) in [7, 11) is 0. The zero-order valence-electron chi connectivity index (χ0n) is 12.4. The third-order valence-corrected chi connectivity index (χ3v) is 4.59. The number of rotatable bonds is 4. The van der Waals surface area contributed by atoms with Crippen molar-refractivity contribution in [1.82, 2.24) is 15.2 Å². The molecule has 3 aromatic rings. The Balaban J connectivity index is 2.02. The predicted molar refractivity (Wildman–Crippen MR) is 86.9 cm³/mol. The van der Waals surface area contributed by atoms with Crippen molar-refractivity contribution in [2.75, 3.05) is 5.32 Å². The first-order valence-corrected chi connectivity index (χ1v) is 7.96. The first kappa shape index (κ1) is 14.0. The lowest BCUT2D eigenvalue weighted by Crippen LogP contribution is -2.11. The zero-order valence-corrected chi connectivity index (χ0v) is 13.2. The fourth-order valence-corrected chi connectivity index (χ4v) is 3.69. The van der Waals surface area contributed by atoms with Gasteiger partial charge in [0.15, 0.2) is 5.82 Å². The van der Waals surface area contributed by atoms with E-state index in [9.17, 15) is 4.79 Å². The van der Waals surface area contributed by atoms with Gasteiger partial charge < -0.3 is 5.32 Å². The number of unbranched alkanes of at least 4 members (excludes halogenated alkanes) is 1. The van der Waals surface area contributed by atoms with Crippen molar-refractivity contribution in [3.05, 3.63) is 17.3 Å². The van der Waals surface area contributed by atoms with Crippen LogP contribution < -0.4 is 5.32 Å². The van der Waals surface area contributed by atoms with E-state index in [0.29, 0.717) is 12.2 Å². The Morgan fingerprint density at radius 1 is 1.43 bits per heavy atom. The van der Waals surface area contributed by atoms with Gasteiger partial charge in [-0.05, 0) is 31.9 Å². The molecule has 3 rings (SSSR count). The molecule has 0 bridgehead atoms.